The van der Waals surface area contributed by atoms with Crippen LogP contribution in [0.3, 0.4) is 0 Å². The number of anilines is 2. The van der Waals surface area contributed by atoms with Crippen LogP contribution in [0.15, 0.2) is 36.4 Å². The number of nitrogens with one attached hydrogen (secondary N) is 2. The van der Waals surface area contributed by atoms with Crippen molar-refractivity contribution in [3.8, 4) is 0 Å². The number of ether oxygens (including phenoxy) is 1. The van der Waals surface area contributed by atoms with E-state index in [2.05, 4.69) is 5.32 Å². The second-order valence-electron chi connectivity index (χ2n) is 6.13. The molecule has 0 amide bonds. The second-order valence-corrected chi connectivity index (χ2v) is 7.68. The van der Waals surface area contributed by atoms with Crippen molar-refractivity contribution in [1.82, 2.24) is 0 Å². The average Bonchev–Trinajstić information content (AvgIpc) is 3.15. The molecule has 1 aromatic heterocycles. The summed E-state index contributed by atoms with van der Waals surface area (Å²) in [5.74, 6) is -11.3. The van der Waals surface area contributed by atoms with Crippen molar-refractivity contribution in [2.75, 3.05) is 17.7 Å². The van der Waals surface area contributed by atoms with E-state index in [0.29, 0.717) is 6.42 Å². The van der Waals surface area contributed by atoms with E-state index in [-0.39, 0.29) is 10.6 Å². The highest BCUT2D eigenvalue weighted by molar-refractivity contribution is 7.80. The van der Waals surface area contributed by atoms with Gasteiger partial charge in [-0.1, -0.05) is 30.3 Å². The topological polar surface area (TPSA) is 50.4 Å². The summed E-state index contributed by atoms with van der Waals surface area (Å²) >= 11 is 6.06. The largest absolute Gasteiger partial charge is 0.465 e. The maximum Gasteiger partial charge on any atom is 0.340 e. The van der Waals surface area contributed by atoms with Crippen LogP contribution in [0.4, 0.5) is 32.6 Å². The lowest BCUT2D eigenvalue weighted by Gasteiger charge is -2.13. The lowest BCUT2D eigenvalue weighted by Crippen LogP contribution is -2.22. The monoisotopic (exact) mass is 472 g/mol. The molecule has 0 saturated heterocycles. The van der Waals surface area contributed by atoms with Gasteiger partial charge in [-0.2, -0.15) is 0 Å². The van der Waals surface area contributed by atoms with Gasteiger partial charge in [0.1, 0.15) is 10.7 Å². The van der Waals surface area contributed by atoms with Crippen LogP contribution in [-0.4, -0.2) is 18.2 Å². The number of benzene rings is 2. The highest BCUT2D eigenvalue weighted by Gasteiger charge is 2.27. The van der Waals surface area contributed by atoms with Crippen molar-refractivity contribution in [3.63, 3.8) is 0 Å². The molecule has 0 saturated carbocycles. The zero-order valence-electron chi connectivity index (χ0n) is 15.7. The zero-order chi connectivity index (χ0) is 22.7. The molecule has 0 spiro atoms. The first-order valence-electron chi connectivity index (χ1n) is 8.57. The number of thiocarbonyl (C=S) groups is 1. The SMILES string of the molecule is COC(=O)c1cc(Cc2ccccc2)sc1NC(=S)Nc1c(F)c(F)c(F)c(F)c1F. The molecule has 0 atom stereocenters. The fraction of sp³-hybridized carbons (Fsp3) is 0.100. The number of esters is 1. The summed E-state index contributed by atoms with van der Waals surface area (Å²) in [7, 11) is 1.17. The Kier molecular flexibility index (Phi) is 6.86. The summed E-state index contributed by atoms with van der Waals surface area (Å²) in [5, 5.41) is 4.21. The summed E-state index contributed by atoms with van der Waals surface area (Å²) in [6.07, 6.45) is 0.481. The fourth-order valence-corrected chi connectivity index (χ4v) is 4.00. The smallest absolute Gasteiger partial charge is 0.340 e. The van der Waals surface area contributed by atoms with Crippen LogP contribution in [0.1, 0.15) is 20.8 Å². The van der Waals surface area contributed by atoms with Crippen LogP contribution in [0, 0.1) is 29.1 Å². The van der Waals surface area contributed by atoms with Gasteiger partial charge in [0.05, 0.1) is 12.7 Å². The Balaban J connectivity index is 1.86. The molecule has 162 valence electrons. The highest BCUT2D eigenvalue weighted by atomic mass is 32.1. The lowest BCUT2D eigenvalue weighted by atomic mass is 10.1. The van der Waals surface area contributed by atoms with Gasteiger partial charge >= 0.3 is 5.97 Å². The maximum absolute atomic E-state index is 13.9. The molecule has 11 heteroatoms. The summed E-state index contributed by atoms with van der Waals surface area (Å²) in [4.78, 5) is 12.8. The van der Waals surface area contributed by atoms with Crippen LogP contribution in [0.2, 0.25) is 0 Å². The molecule has 4 nitrogen and oxygen atoms in total. The number of halogens is 5. The van der Waals surface area contributed by atoms with Crippen molar-refractivity contribution < 1.29 is 31.5 Å². The van der Waals surface area contributed by atoms with Crippen molar-refractivity contribution in [1.29, 1.82) is 0 Å². The first kappa shape index (κ1) is 22.6. The van der Waals surface area contributed by atoms with E-state index in [1.165, 1.54) is 7.11 Å². The van der Waals surface area contributed by atoms with E-state index < -0.39 is 45.9 Å². The van der Waals surface area contributed by atoms with Crippen LogP contribution in [0.25, 0.3) is 0 Å². The van der Waals surface area contributed by atoms with E-state index in [4.69, 9.17) is 17.0 Å². The normalized spacial score (nSPS) is 10.6. The number of thiophene rings is 1. The summed E-state index contributed by atoms with van der Waals surface area (Å²) in [6.45, 7) is 0. The van der Waals surface area contributed by atoms with E-state index in [1.54, 1.807) is 6.07 Å². The average molecular weight is 472 g/mol. The van der Waals surface area contributed by atoms with Gasteiger partial charge in [-0.15, -0.1) is 11.3 Å². The molecule has 31 heavy (non-hydrogen) atoms. The van der Waals surface area contributed by atoms with Crippen LogP contribution in [0.5, 0.6) is 0 Å². The first-order valence-corrected chi connectivity index (χ1v) is 9.79. The van der Waals surface area contributed by atoms with Crippen molar-refractivity contribution in [2.24, 2.45) is 0 Å². The minimum absolute atomic E-state index is 0.0972. The van der Waals surface area contributed by atoms with E-state index in [1.807, 2.05) is 35.6 Å². The minimum Gasteiger partial charge on any atom is -0.465 e. The Morgan fingerprint density at radius 2 is 1.55 bits per heavy atom. The molecular weight excluding hydrogens is 459 g/mol. The number of hydrogen-bond acceptors (Lipinski definition) is 4. The zero-order valence-corrected chi connectivity index (χ0v) is 17.3. The third-order valence-electron chi connectivity index (χ3n) is 4.08. The molecule has 2 N–H and O–H groups in total. The molecule has 0 unspecified atom stereocenters. The molecule has 0 bridgehead atoms. The molecule has 0 aliphatic rings. The maximum atomic E-state index is 13.9. The Morgan fingerprint density at radius 3 is 2.13 bits per heavy atom. The molecule has 0 aliphatic heterocycles. The van der Waals surface area contributed by atoms with Crippen molar-refractivity contribution >= 4 is 45.3 Å². The Morgan fingerprint density at radius 1 is 0.968 bits per heavy atom. The van der Waals surface area contributed by atoms with E-state index in [9.17, 15) is 26.7 Å². The van der Waals surface area contributed by atoms with Crippen LogP contribution < -0.4 is 10.6 Å². The van der Waals surface area contributed by atoms with Gasteiger partial charge in [-0.05, 0) is 23.8 Å². The van der Waals surface area contributed by atoms with Crippen molar-refractivity contribution in [3.05, 3.63) is 81.5 Å². The van der Waals surface area contributed by atoms with Gasteiger partial charge in [-0.25, -0.2) is 26.7 Å². The number of carbonyl (C=O) groups excluding carboxylic acids is 1. The minimum atomic E-state index is -2.28. The molecule has 3 rings (SSSR count). The van der Waals surface area contributed by atoms with Crippen LogP contribution >= 0.6 is 23.6 Å². The molecule has 1 heterocycles. The van der Waals surface area contributed by atoms with Gasteiger partial charge < -0.3 is 15.4 Å². The number of methoxy groups -OCH3 is 1. The number of hydrogen-bond donors (Lipinski definition) is 2. The molecule has 2 aromatic carbocycles. The molecule has 0 aliphatic carbocycles. The van der Waals surface area contributed by atoms with Gasteiger partial charge in [0.15, 0.2) is 28.4 Å². The van der Waals surface area contributed by atoms with Gasteiger partial charge in [0, 0.05) is 11.3 Å². The second kappa shape index (κ2) is 9.40. The Hall–Kier alpha value is -3.05. The Bertz CT molecular complexity index is 1120. The van der Waals surface area contributed by atoms with Gasteiger partial charge in [0.25, 0.3) is 0 Å². The standard InChI is InChI=1S/C20H13F5N2O2S2/c1-29-19(28)11-8-10(7-9-5-3-2-4-6-9)31-18(11)27-20(30)26-17-15(24)13(22)12(21)14(23)16(17)25/h2-6,8H,7H2,1H3,(H2,26,27,30). The molecular formula is C20H13F5N2O2S2. The fourth-order valence-electron chi connectivity index (χ4n) is 2.64. The quantitative estimate of drug-likeness (QED) is 0.166. The summed E-state index contributed by atoms with van der Waals surface area (Å²) in [6, 6.07) is 10.9. The predicted octanol–water partition coefficient (Wildman–Crippen LogP) is 5.63. The lowest BCUT2D eigenvalue weighted by molar-refractivity contribution is 0.0602. The molecule has 3 aromatic rings. The molecule has 0 fully saturated rings. The summed E-state index contributed by atoms with van der Waals surface area (Å²) < 4.78 is 72.4. The van der Waals surface area contributed by atoms with Crippen molar-refractivity contribution in [2.45, 2.75) is 6.42 Å². The highest BCUT2D eigenvalue weighted by Crippen LogP contribution is 2.32. The van der Waals surface area contributed by atoms with Gasteiger partial charge in [-0.3, -0.25) is 0 Å². The van der Waals surface area contributed by atoms with E-state index in [0.717, 1.165) is 21.8 Å². The first-order chi connectivity index (χ1) is 14.7. The third-order valence-corrected chi connectivity index (χ3v) is 5.34. The Labute approximate surface area is 182 Å². The third kappa shape index (κ3) is 4.83. The van der Waals surface area contributed by atoms with E-state index >= 15 is 0 Å². The predicted molar refractivity (Wildman–Crippen MR) is 111 cm³/mol. The number of carbonyl (C=O) groups is 1. The van der Waals surface area contributed by atoms with Gasteiger partial charge in [0.2, 0.25) is 5.82 Å². The summed E-state index contributed by atoms with van der Waals surface area (Å²) in [5.41, 5.74) is -0.247. The number of rotatable bonds is 5. The van der Waals surface area contributed by atoms with Crippen LogP contribution in [-0.2, 0) is 11.2 Å². The molecule has 0 radical (unpaired) electrons.